The van der Waals surface area contributed by atoms with E-state index in [1.54, 1.807) is 0 Å². The van der Waals surface area contributed by atoms with Crippen LogP contribution in [-0.2, 0) is 0 Å². The quantitative estimate of drug-likeness (QED) is 0.678. The van der Waals surface area contributed by atoms with Gasteiger partial charge in [-0.1, -0.05) is 12.5 Å². The molecule has 1 aliphatic rings. The smallest absolute Gasteiger partial charge is 0.0513 e. The van der Waals surface area contributed by atoms with E-state index in [4.69, 9.17) is 0 Å². The van der Waals surface area contributed by atoms with Crippen molar-refractivity contribution in [2.45, 2.75) is 46.0 Å². The van der Waals surface area contributed by atoms with Crippen LogP contribution in [0.5, 0.6) is 0 Å². The Bertz CT molecular complexity index is 226. The molecule has 0 saturated carbocycles. The highest BCUT2D eigenvalue weighted by atomic mass is 32.3. The van der Waals surface area contributed by atoms with E-state index in [9.17, 15) is 9.11 Å². The fraction of sp³-hybridized carbons (Fsp3) is 0.800. The Kier molecular flexibility index (Phi) is 4.44. The van der Waals surface area contributed by atoms with Gasteiger partial charge in [0.15, 0.2) is 0 Å². The lowest BCUT2D eigenvalue weighted by Crippen LogP contribution is -2.23. The Labute approximate surface area is 88.1 Å². The van der Waals surface area contributed by atoms with Crippen LogP contribution in [-0.4, -0.2) is 15.7 Å². The number of rotatable bonds is 4. The summed E-state index contributed by atoms with van der Waals surface area (Å²) < 4.78 is 22.7. The van der Waals surface area contributed by atoms with Crippen molar-refractivity contribution < 1.29 is 9.11 Å². The van der Waals surface area contributed by atoms with E-state index in [1.165, 1.54) is 12.0 Å². The second kappa shape index (κ2) is 5.16. The fourth-order valence-electron chi connectivity index (χ4n) is 1.75. The molecule has 0 spiro atoms. The molecule has 0 aromatic carbocycles. The molecule has 0 unspecified atom stereocenters. The maximum atomic E-state index is 9.91. The van der Waals surface area contributed by atoms with Crippen molar-refractivity contribution in [1.82, 2.24) is 4.72 Å². The van der Waals surface area contributed by atoms with Crippen LogP contribution in [0.3, 0.4) is 0 Å². The van der Waals surface area contributed by atoms with Crippen molar-refractivity contribution >= 4 is 10.8 Å². The zero-order valence-electron chi connectivity index (χ0n) is 9.05. The summed E-state index contributed by atoms with van der Waals surface area (Å²) in [5.74, 6) is 0. The van der Waals surface area contributed by atoms with Crippen molar-refractivity contribution in [3.05, 3.63) is 10.5 Å². The van der Waals surface area contributed by atoms with Gasteiger partial charge in [-0.05, 0) is 39.0 Å². The molecule has 1 rings (SSSR count). The maximum Gasteiger partial charge on any atom is 0.0513 e. The predicted octanol–water partition coefficient (Wildman–Crippen LogP) is 3.50. The van der Waals surface area contributed by atoms with Gasteiger partial charge in [0.05, 0.1) is 4.91 Å². The molecule has 4 heteroatoms. The molecule has 0 bridgehead atoms. The van der Waals surface area contributed by atoms with Crippen molar-refractivity contribution in [1.29, 1.82) is 0 Å². The Balaban J connectivity index is 2.68. The SMILES string of the molecule is CCCNS(O)(O)C1=C(C)CCCC1. The van der Waals surface area contributed by atoms with Crippen molar-refractivity contribution in [3.63, 3.8) is 0 Å². The molecule has 1 aliphatic carbocycles. The monoisotopic (exact) mass is 219 g/mol. The third-order valence-electron chi connectivity index (χ3n) is 2.58. The van der Waals surface area contributed by atoms with Gasteiger partial charge in [0, 0.05) is 6.54 Å². The molecule has 3 N–H and O–H groups in total. The van der Waals surface area contributed by atoms with E-state index in [0.29, 0.717) is 6.54 Å². The normalized spacial score (nSPS) is 20.0. The molecule has 3 nitrogen and oxygen atoms in total. The largest absolute Gasteiger partial charge is 0.282 e. The molecule has 0 atom stereocenters. The Morgan fingerprint density at radius 1 is 1.29 bits per heavy atom. The summed E-state index contributed by atoms with van der Waals surface area (Å²) in [5, 5.41) is 0. The lowest BCUT2D eigenvalue weighted by Gasteiger charge is -2.38. The summed E-state index contributed by atoms with van der Waals surface area (Å²) in [4.78, 5) is 0.859. The van der Waals surface area contributed by atoms with Gasteiger partial charge in [-0.2, -0.15) is 0 Å². The highest BCUT2D eigenvalue weighted by Crippen LogP contribution is 2.49. The number of nitrogens with one attached hydrogen (secondary N) is 1. The average Bonchev–Trinajstić information content (AvgIpc) is 2.15. The molecule has 0 aromatic rings. The molecule has 0 aliphatic heterocycles. The standard InChI is InChI=1S/C10H21NO2S/c1-3-8-11-14(12,13)10-7-5-4-6-9(10)2/h11-13H,3-8H2,1-2H3. The first-order chi connectivity index (χ1) is 6.58. The first kappa shape index (κ1) is 12.0. The summed E-state index contributed by atoms with van der Waals surface area (Å²) in [6.45, 7) is 4.69. The molecule has 0 amide bonds. The minimum absolute atomic E-state index is 0.666. The molecule has 0 fully saturated rings. The van der Waals surface area contributed by atoms with Crippen LogP contribution in [0.1, 0.15) is 46.0 Å². The van der Waals surface area contributed by atoms with Crippen molar-refractivity contribution in [2.75, 3.05) is 6.54 Å². The van der Waals surface area contributed by atoms with E-state index >= 15 is 0 Å². The molecule has 0 aromatic heterocycles. The highest BCUT2D eigenvalue weighted by molar-refractivity contribution is 8.26. The van der Waals surface area contributed by atoms with Crippen molar-refractivity contribution in [3.8, 4) is 0 Å². The van der Waals surface area contributed by atoms with E-state index in [0.717, 1.165) is 30.6 Å². The minimum Gasteiger partial charge on any atom is -0.282 e. The molecule has 14 heavy (non-hydrogen) atoms. The predicted molar refractivity (Wildman–Crippen MR) is 62.3 cm³/mol. The van der Waals surface area contributed by atoms with E-state index in [1.807, 2.05) is 13.8 Å². The maximum absolute atomic E-state index is 9.91. The first-order valence-corrected chi connectivity index (χ1v) is 6.84. The minimum atomic E-state index is -2.67. The lowest BCUT2D eigenvalue weighted by atomic mass is 10.0. The Morgan fingerprint density at radius 2 is 1.93 bits per heavy atom. The molecular weight excluding hydrogens is 198 g/mol. The molecular formula is C10H21NO2S. The number of hydrogen-bond donors (Lipinski definition) is 3. The van der Waals surface area contributed by atoms with Gasteiger partial charge in [0.1, 0.15) is 0 Å². The molecule has 0 saturated heterocycles. The average molecular weight is 219 g/mol. The number of allylic oxidation sites excluding steroid dienone is 2. The zero-order chi connectivity index (χ0) is 10.6. The summed E-state index contributed by atoms with van der Waals surface area (Å²) in [5.41, 5.74) is 1.17. The van der Waals surface area contributed by atoms with Crippen LogP contribution in [0.15, 0.2) is 10.5 Å². The lowest BCUT2D eigenvalue weighted by molar-refractivity contribution is 0.472. The molecule has 84 valence electrons. The van der Waals surface area contributed by atoms with E-state index < -0.39 is 10.8 Å². The second-order valence-corrected chi connectivity index (χ2v) is 5.73. The summed E-state index contributed by atoms with van der Waals surface area (Å²) in [6.07, 6.45) is 5.03. The third-order valence-corrected chi connectivity index (χ3v) is 4.42. The second-order valence-electron chi connectivity index (χ2n) is 3.85. The first-order valence-electron chi connectivity index (χ1n) is 5.29. The van der Waals surface area contributed by atoms with Crippen LogP contribution in [0, 0.1) is 0 Å². The highest BCUT2D eigenvalue weighted by Gasteiger charge is 2.22. The fourth-order valence-corrected chi connectivity index (χ4v) is 3.43. The summed E-state index contributed by atoms with van der Waals surface area (Å²) >= 11 is 0. The van der Waals surface area contributed by atoms with Crippen LogP contribution >= 0.6 is 10.8 Å². The van der Waals surface area contributed by atoms with Gasteiger partial charge in [0.2, 0.25) is 0 Å². The van der Waals surface area contributed by atoms with Crippen LogP contribution in [0.2, 0.25) is 0 Å². The van der Waals surface area contributed by atoms with Crippen molar-refractivity contribution in [2.24, 2.45) is 0 Å². The van der Waals surface area contributed by atoms with Gasteiger partial charge >= 0.3 is 0 Å². The zero-order valence-corrected chi connectivity index (χ0v) is 9.86. The molecule has 0 radical (unpaired) electrons. The Morgan fingerprint density at radius 3 is 2.50 bits per heavy atom. The topological polar surface area (TPSA) is 52.5 Å². The van der Waals surface area contributed by atoms with Crippen LogP contribution in [0.4, 0.5) is 0 Å². The van der Waals surface area contributed by atoms with Gasteiger partial charge in [-0.25, -0.2) is 4.72 Å². The Hall–Kier alpha value is -0.0300. The summed E-state index contributed by atoms with van der Waals surface area (Å²) in [6, 6.07) is 0. The van der Waals surface area contributed by atoms with Gasteiger partial charge < -0.3 is 0 Å². The summed E-state index contributed by atoms with van der Waals surface area (Å²) in [7, 11) is -2.67. The van der Waals surface area contributed by atoms with Gasteiger partial charge in [0.25, 0.3) is 0 Å². The third kappa shape index (κ3) is 2.98. The van der Waals surface area contributed by atoms with E-state index in [-0.39, 0.29) is 0 Å². The number of hydrogen-bond acceptors (Lipinski definition) is 3. The van der Waals surface area contributed by atoms with Crippen LogP contribution < -0.4 is 4.72 Å². The van der Waals surface area contributed by atoms with Crippen LogP contribution in [0.25, 0.3) is 0 Å². The van der Waals surface area contributed by atoms with E-state index in [2.05, 4.69) is 4.72 Å². The van der Waals surface area contributed by atoms with Gasteiger partial charge in [-0.3, -0.25) is 9.11 Å². The van der Waals surface area contributed by atoms with Gasteiger partial charge in [-0.15, -0.1) is 10.8 Å². The molecule has 0 heterocycles.